The molecule has 1 aromatic rings. The third-order valence-electron chi connectivity index (χ3n) is 3.24. The molecule has 0 radical (unpaired) electrons. The van der Waals surface area contributed by atoms with Gasteiger partial charge in [0.05, 0.1) is 17.1 Å². The van der Waals surface area contributed by atoms with Gasteiger partial charge in [-0.1, -0.05) is 31.5 Å². The van der Waals surface area contributed by atoms with Gasteiger partial charge in [-0.05, 0) is 25.0 Å². The predicted octanol–water partition coefficient (Wildman–Crippen LogP) is 1.18. The zero-order valence-electron chi connectivity index (χ0n) is 15.1. The standard InChI is InChI=1S/C17H24N2O6S/c1-12(2)10-18-17(22)19-15(20)11-25-16(21)8-9-26(23,24)14-6-4-13(3)5-7-14/h4-7,12H,8-11H2,1-3H3,(H2,18,19,20,22). The molecule has 1 rings (SSSR count). The molecule has 0 atom stereocenters. The first-order valence-corrected chi connectivity index (χ1v) is 9.78. The fourth-order valence-electron chi connectivity index (χ4n) is 1.80. The van der Waals surface area contributed by atoms with Crippen molar-refractivity contribution in [2.24, 2.45) is 5.92 Å². The summed E-state index contributed by atoms with van der Waals surface area (Å²) in [6.07, 6.45) is -0.386. The van der Waals surface area contributed by atoms with Gasteiger partial charge in [-0.2, -0.15) is 0 Å². The number of rotatable bonds is 8. The first-order chi connectivity index (χ1) is 12.1. The van der Waals surface area contributed by atoms with Crippen LogP contribution in [0.5, 0.6) is 0 Å². The van der Waals surface area contributed by atoms with Crippen molar-refractivity contribution in [1.82, 2.24) is 10.6 Å². The molecule has 144 valence electrons. The Labute approximate surface area is 153 Å². The van der Waals surface area contributed by atoms with Crippen LogP contribution in [0.15, 0.2) is 29.2 Å². The van der Waals surface area contributed by atoms with Crippen molar-refractivity contribution in [2.75, 3.05) is 18.9 Å². The molecular formula is C17H24N2O6S. The van der Waals surface area contributed by atoms with Crippen LogP contribution in [-0.4, -0.2) is 45.2 Å². The van der Waals surface area contributed by atoms with Gasteiger partial charge in [-0.3, -0.25) is 14.9 Å². The molecule has 0 saturated heterocycles. The minimum absolute atomic E-state index is 0.121. The highest BCUT2D eigenvalue weighted by atomic mass is 32.2. The van der Waals surface area contributed by atoms with E-state index >= 15 is 0 Å². The Morgan fingerprint density at radius 2 is 1.73 bits per heavy atom. The van der Waals surface area contributed by atoms with E-state index in [1.54, 1.807) is 12.1 Å². The van der Waals surface area contributed by atoms with Gasteiger partial charge >= 0.3 is 12.0 Å². The SMILES string of the molecule is Cc1ccc(S(=O)(=O)CCC(=O)OCC(=O)NC(=O)NCC(C)C)cc1. The van der Waals surface area contributed by atoms with Crippen LogP contribution in [0.25, 0.3) is 0 Å². The molecule has 9 heteroatoms. The highest BCUT2D eigenvalue weighted by Gasteiger charge is 2.18. The Bertz CT molecular complexity index is 741. The number of carbonyl (C=O) groups is 3. The number of benzene rings is 1. The van der Waals surface area contributed by atoms with Gasteiger partial charge in [0.1, 0.15) is 0 Å². The van der Waals surface area contributed by atoms with Crippen LogP contribution in [0.1, 0.15) is 25.8 Å². The number of aryl methyl sites for hydroxylation is 1. The number of esters is 1. The lowest BCUT2D eigenvalue weighted by Crippen LogP contribution is -2.42. The maximum Gasteiger partial charge on any atom is 0.321 e. The third-order valence-corrected chi connectivity index (χ3v) is 4.98. The number of amides is 3. The summed E-state index contributed by atoms with van der Waals surface area (Å²) in [6.45, 7) is 5.37. The molecule has 0 aliphatic heterocycles. The minimum Gasteiger partial charge on any atom is -0.456 e. The summed E-state index contributed by atoms with van der Waals surface area (Å²) < 4.78 is 28.9. The molecule has 0 spiro atoms. The van der Waals surface area contributed by atoms with E-state index in [9.17, 15) is 22.8 Å². The maximum atomic E-state index is 12.1. The number of sulfone groups is 1. The Hall–Kier alpha value is -2.42. The zero-order valence-corrected chi connectivity index (χ0v) is 15.9. The molecule has 3 amide bonds. The van der Waals surface area contributed by atoms with E-state index in [0.717, 1.165) is 5.56 Å². The van der Waals surface area contributed by atoms with Gasteiger partial charge in [0.2, 0.25) is 0 Å². The second-order valence-electron chi connectivity index (χ2n) is 6.19. The summed E-state index contributed by atoms with van der Waals surface area (Å²) in [6, 6.07) is 5.60. The van der Waals surface area contributed by atoms with Gasteiger partial charge in [0, 0.05) is 6.54 Å². The van der Waals surface area contributed by atoms with E-state index in [1.165, 1.54) is 12.1 Å². The Kier molecular flexibility index (Phi) is 8.24. The lowest BCUT2D eigenvalue weighted by molar-refractivity contribution is -0.147. The Morgan fingerprint density at radius 1 is 1.12 bits per heavy atom. The van der Waals surface area contributed by atoms with Crippen molar-refractivity contribution < 1.29 is 27.5 Å². The topological polar surface area (TPSA) is 119 Å². The Balaban J connectivity index is 2.37. The number of imide groups is 1. The molecule has 0 fully saturated rings. The lowest BCUT2D eigenvalue weighted by Gasteiger charge is -2.09. The van der Waals surface area contributed by atoms with E-state index in [-0.39, 0.29) is 17.2 Å². The van der Waals surface area contributed by atoms with Crippen molar-refractivity contribution in [2.45, 2.75) is 32.1 Å². The summed E-state index contributed by atoms with van der Waals surface area (Å²) in [4.78, 5) is 34.6. The van der Waals surface area contributed by atoms with Gasteiger partial charge in [-0.15, -0.1) is 0 Å². The summed E-state index contributed by atoms with van der Waals surface area (Å²) in [7, 11) is -3.61. The number of hydrogen-bond donors (Lipinski definition) is 2. The lowest BCUT2D eigenvalue weighted by atomic mass is 10.2. The largest absolute Gasteiger partial charge is 0.456 e. The van der Waals surface area contributed by atoms with Crippen LogP contribution < -0.4 is 10.6 Å². The van der Waals surface area contributed by atoms with Crippen LogP contribution >= 0.6 is 0 Å². The fourth-order valence-corrected chi connectivity index (χ4v) is 3.02. The van der Waals surface area contributed by atoms with Gasteiger partial charge < -0.3 is 10.1 Å². The number of ether oxygens (including phenoxy) is 1. The normalized spacial score (nSPS) is 11.1. The van der Waals surface area contributed by atoms with Crippen LogP contribution in [0, 0.1) is 12.8 Å². The quantitative estimate of drug-likeness (QED) is 0.650. The fraction of sp³-hybridized carbons (Fsp3) is 0.471. The summed E-state index contributed by atoms with van der Waals surface area (Å²) in [5, 5.41) is 4.49. The molecule has 2 N–H and O–H groups in total. The minimum atomic E-state index is -3.61. The molecule has 0 aromatic heterocycles. The molecule has 0 aliphatic rings. The second-order valence-corrected chi connectivity index (χ2v) is 8.30. The van der Waals surface area contributed by atoms with Crippen LogP contribution in [-0.2, 0) is 24.2 Å². The smallest absolute Gasteiger partial charge is 0.321 e. The average Bonchev–Trinajstić information content (AvgIpc) is 2.57. The molecule has 0 bridgehead atoms. The second kappa shape index (κ2) is 9.91. The van der Waals surface area contributed by atoms with Crippen molar-refractivity contribution in [3.05, 3.63) is 29.8 Å². The monoisotopic (exact) mass is 384 g/mol. The molecule has 26 heavy (non-hydrogen) atoms. The summed E-state index contributed by atoms with van der Waals surface area (Å²) in [5.41, 5.74) is 0.923. The molecule has 0 saturated carbocycles. The van der Waals surface area contributed by atoms with Crippen LogP contribution in [0.4, 0.5) is 4.79 Å². The molecule has 0 heterocycles. The van der Waals surface area contributed by atoms with E-state index in [2.05, 4.69) is 10.1 Å². The third kappa shape index (κ3) is 8.11. The van der Waals surface area contributed by atoms with Crippen molar-refractivity contribution in [3.63, 3.8) is 0 Å². The van der Waals surface area contributed by atoms with Crippen LogP contribution in [0.2, 0.25) is 0 Å². The summed E-state index contributed by atoms with van der Waals surface area (Å²) in [5.74, 6) is -1.82. The van der Waals surface area contributed by atoms with E-state index in [0.29, 0.717) is 6.54 Å². The predicted molar refractivity (Wildman–Crippen MR) is 95.2 cm³/mol. The van der Waals surface area contributed by atoms with Crippen molar-refractivity contribution >= 4 is 27.7 Å². The zero-order chi connectivity index (χ0) is 19.7. The highest BCUT2D eigenvalue weighted by Crippen LogP contribution is 2.13. The molecule has 8 nitrogen and oxygen atoms in total. The van der Waals surface area contributed by atoms with Crippen LogP contribution in [0.3, 0.4) is 0 Å². The molecule has 0 unspecified atom stereocenters. The van der Waals surface area contributed by atoms with Gasteiger partial charge in [0.25, 0.3) is 5.91 Å². The number of urea groups is 1. The molecule has 0 aliphatic carbocycles. The number of hydrogen-bond acceptors (Lipinski definition) is 6. The molecule has 1 aromatic carbocycles. The maximum absolute atomic E-state index is 12.1. The number of carbonyl (C=O) groups excluding carboxylic acids is 3. The first kappa shape index (κ1) is 21.6. The first-order valence-electron chi connectivity index (χ1n) is 8.13. The summed E-state index contributed by atoms with van der Waals surface area (Å²) >= 11 is 0. The van der Waals surface area contributed by atoms with Gasteiger partial charge in [-0.25, -0.2) is 13.2 Å². The van der Waals surface area contributed by atoms with E-state index < -0.39 is 40.1 Å². The average molecular weight is 384 g/mol. The molecular weight excluding hydrogens is 360 g/mol. The van der Waals surface area contributed by atoms with Gasteiger partial charge in [0.15, 0.2) is 16.4 Å². The number of nitrogens with one attached hydrogen (secondary N) is 2. The van der Waals surface area contributed by atoms with E-state index in [1.807, 2.05) is 26.1 Å². The van der Waals surface area contributed by atoms with E-state index in [4.69, 9.17) is 0 Å². The van der Waals surface area contributed by atoms with Crippen molar-refractivity contribution in [1.29, 1.82) is 0 Å². The Morgan fingerprint density at radius 3 is 2.31 bits per heavy atom. The highest BCUT2D eigenvalue weighted by molar-refractivity contribution is 7.91. The van der Waals surface area contributed by atoms with Crippen molar-refractivity contribution in [3.8, 4) is 0 Å².